The fourth-order valence-electron chi connectivity index (χ4n) is 0. The molecule has 0 saturated heterocycles. The highest BCUT2D eigenvalue weighted by Gasteiger charge is 2.41. The van der Waals surface area contributed by atoms with Crippen molar-refractivity contribution in [1.82, 2.24) is 0 Å². The molecular formula is C4H8F2OS. The van der Waals surface area contributed by atoms with Crippen LogP contribution in [0, 0.1) is 0 Å². The molecular weight excluding hydrogens is 134 g/mol. The van der Waals surface area contributed by atoms with Crippen LogP contribution in [0.25, 0.3) is 0 Å². The molecule has 1 N–H and O–H groups in total. The van der Waals surface area contributed by atoms with E-state index in [1.165, 1.54) is 0 Å². The van der Waals surface area contributed by atoms with Gasteiger partial charge in [-0.05, 0) is 13.8 Å². The zero-order valence-corrected chi connectivity index (χ0v) is 5.54. The quantitative estimate of drug-likeness (QED) is 0.528. The third kappa shape index (κ3) is 1.96. The van der Waals surface area contributed by atoms with Crippen LogP contribution in [-0.4, -0.2) is 16.0 Å². The number of hydrogen-bond acceptors (Lipinski definition) is 2. The van der Waals surface area contributed by atoms with Crippen molar-refractivity contribution in [2.75, 3.05) is 0 Å². The minimum Gasteiger partial charge on any atom is -0.383 e. The fraction of sp³-hybridized carbons (Fsp3) is 1.00. The minimum atomic E-state index is -3.31. The van der Waals surface area contributed by atoms with Gasteiger partial charge in [0.05, 0.1) is 0 Å². The van der Waals surface area contributed by atoms with Crippen LogP contribution in [0.15, 0.2) is 0 Å². The Hall–Kier alpha value is 0.170. The molecule has 0 amide bonds. The van der Waals surface area contributed by atoms with Crippen molar-refractivity contribution in [2.24, 2.45) is 0 Å². The van der Waals surface area contributed by atoms with Gasteiger partial charge in [0.2, 0.25) is 0 Å². The Balaban J connectivity index is 4.02. The average Bonchev–Trinajstić information content (AvgIpc) is 1.25. The lowest BCUT2D eigenvalue weighted by Crippen LogP contribution is -2.37. The van der Waals surface area contributed by atoms with Gasteiger partial charge in [0, 0.05) is 0 Å². The highest BCUT2D eigenvalue weighted by Crippen LogP contribution is 2.30. The second-order valence-electron chi connectivity index (χ2n) is 2.10. The van der Waals surface area contributed by atoms with E-state index in [0.29, 0.717) is 0 Å². The summed E-state index contributed by atoms with van der Waals surface area (Å²) in [5.74, 6) is 0. The molecule has 0 spiro atoms. The second kappa shape index (κ2) is 1.84. The van der Waals surface area contributed by atoms with E-state index >= 15 is 0 Å². The van der Waals surface area contributed by atoms with Crippen LogP contribution in [0.2, 0.25) is 0 Å². The number of rotatable bonds is 1. The van der Waals surface area contributed by atoms with E-state index in [9.17, 15) is 8.78 Å². The predicted octanol–water partition coefficient (Wildman–Crippen LogP) is 1.28. The second-order valence-corrected chi connectivity index (χ2v) is 2.66. The van der Waals surface area contributed by atoms with Crippen molar-refractivity contribution >= 4 is 12.6 Å². The van der Waals surface area contributed by atoms with E-state index in [2.05, 4.69) is 12.6 Å². The highest BCUT2D eigenvalue weighted by atomic mass is 32.1. The van der Waals surface area contributed by atoms with Crippen LogP contribution in [0.5, 0.6) is 0 Å². The highest BCUT2D eigenvalue weighted by molar-refractivity contribution is 7.81. The lowest BCUT2D eigenvalue weighted by atomic mass is 10.1. The Bertz CT molecular complexity index is 69.0. The summed E-state index contributed by atoms with van der Waals surface area (Å²) >= 11 is 2.85. The number of aliphatic hydroxyl groups is 1. The SMILES string of the molecule is CC(C)(O)C(F)(F)S. The Morgan fingerprint density at radius 3 is 1.50 bits per heavy atom. The Kier molecular flexibility index (Phi) is 1.88. The molecule has 0 heterocycles. The van der Waals surface area contributed by atoms with Gasteiger partial charge in [0.25, 0.3) is 0 Å². The first-order chi connectivity index (χ1) is 3.25. The van der Waals surface area contributed by atoms with Crippen LogP contribution in [0.4, 0.5) is 8.78 Å². The van der Waals surface area contributed by atoms with Gasteiger partial charge < -0.3 is 5.11 Å². The predicted molar refractivity (Wildman–Crippen MR) is 30.2 cm³/mol. The summed E-state index contributed by atoms with van der Waals surface area (Å²) < 4.78 is 23.7. The molecule has 0 aromatic rings. The van der Waals surface area contributed by atoms with Gasteiger partial charge in [-0.1, -0.05) is 0 Å². The maximum absolute atomic E-state index is 11.8. The number of hydrogen-bond donors (Lipinski definition) is 2. The van der Waals surface area contributed by atoms with Crippen LogP contribution < -0.4 is 0 Å². The van der Waals surface area contributed by atoms with Crippen molar-refractivity contribution in [3.8, 4) is 0 Å². The van der Waals surface area contributed by atoms with Gasteiger partial charge in [-0.3, -0.25) is 0 Å². The monoisotopic (exact) mass is 142 g/mol. The minimum absolute atomic E-state index is 1.00. The Morgan fingerprint density at radius 1 is 1.38 bits per heavy atom. The van der Waals surface area contributed by atoms with E-state index in [1.807, 2.05) is 0 Å². The van der Waals surface area contributed by atoms with Crippen molar-refractivity contribution < 1.29 is 13.9 Å². The first-order valence-corrected chi connectivity index (χ1v) is 2.52. The van der Waals surface area contributed by atoms with Crippen LogP contribution in [-0.2, 0) is 0 Å². The van der Waals surface area contributed by atoms with Crippen LogP contribution >= 0.6 is 12.6 Å². The topological polar surface area (TPSA) is 20.2 Å². The molecule has 0 atom stereocenters. The fourth-order valence-corrected chi connectivity index (χ4v) is 0. The molecule has 0 radical (unpaired) electrons. The molecule has 0 aliphatic rings. The van der Waals surface area contributed by atoms with Gasteiger partial charge in [-0.25, -0.2) is 0 Å². The lowest BCUT2D eigenvalue weighted by molar-refractivity contribution is -0.0941. The van der Waals surface area contributed by atoms with E-state index in [1.54, 1.807) is 0 Å². The third-order valence-electron chi connectivity index (χ3n) is 0.736. The molecule has 0 bridgehead atoms. The molecule has 0 aliphatic heterocycles. The first kappa shape index (κ1) is 8.17. The average molecular weight is 142 g/mol. The number of halogens is 2. The smallest absolute Gasteiger partial charge is 0.318 e. The molecule has 8 heavy (non-hydrogen) atoms. The molecule has 0 unspecified atom stereocenters. The van der Waals surface area contributed by atoms with Crippen LogP contribution in [0.1, 0.15) is 13.8 Å². The van der Waals surface area contributed by atoms with Crippen molar-refractivity contribution in [1.29, 1.82) is 0 Å². The number of alkyl halides is 2. The van der Waals surface area contributed by atoms with Crippen molar-refractivity contribution in [3.05, 3.63) is 0 Å². The lowest BCUT2D eigenvalue weighted by Gasteiger charge is -2.23. The summed E-state index contributed by atoms with van der Waals surface area (Å²) in [5.41, 5.74) is -2.03. The van der Waals surface area contributed by atoms with Gasteiger partial charge in [0.15, 0.2) is 0 Å². The van der Waals surface area contributed by atoms with E-state index < -0.39 is 10.9 Å². The Labute approximate surface area is 52.1 Å². The van der Waals surface area contributed by atoms with Crippen molar-refractivity contribution in [3.63, 3.8) is 0 Å². The molecule has 0 fully saturated rings. The van der Waals surface area contributed by atoms with E-state index in [4.69, 9.17) is 5.11 Å². The van der Waals surface area contributed by atoms with Gasteiger partial charge >= 0.3 is 5.25 Å². The van der Waals surface area contributed by atoms with Gasteiger partial charge in [-0.2, -0.15) is 8.78 Å². The summed E-state index contributed by atoms with van der Waals surface area (Å²) in [6, 6.07) is 0. The summed E-state index contributed by atoms with van der Waals surface area (Å²) in [7, 11) is 0. The van der Waals surface area contributed by atoms with Gasteiger partial charge in [0.1, 0.15) is 5.60 Å². The standard InChI is InChI=1S/C4H8F2OS/c1-3(2,7)4(5,6)8/h7-8H,1-2H3. The zero-order valence-electron chi connectivity index (χ0n) is 4.65. The molecule has 0 aromatic heterocycles. The van der Waals surface area contributed by atoms with Crippen molar-refractivity contribution in [2.45, 2.75) is 24.7 Å². The summed E-state index contributed by atoms with van der Waals surface area (Å²) in [6.07, 6.45) is 0. The molecule has 0 saturated carbocycles. The molecule has 0 aromatic carbocycles. The molecule has 1 nitrogen and oxygen atoms in total. The van der Waals surface area contributed by atoms with E-state index in [-0.39, 0.29) is 0 Å². The molecule has 0 rings (SSSR count). The molecule has 0 aliphatic carbocycles. The summed E-state index contributed by atoms with van der Waals surface area (Å²) in [4.78, 5) is 0. The number of thiol groups is 1. The van der Waals surface area contributed by atoms with E-state index in [0.717, 1.165) is 13.8 Å². The first-order valence-electron chi connectivity index (χ1n) is 2.08. The summed E-state index contributed by atoms with van der Waals surface area (Å²) in [5, 5.41) is 5.22. The third-order valence-corrected chi connectivity index (χ3v) is 1.28. The normalized spacial score (nSPS) is 14.2. The largest absolute Gasteiger partial charge is 0.383 e. The van der Waals surface area contributed by atoms with Gasteiger partial charge in [-0.15, -0.1) is 12.6 Å². The maximum atomic E-state index is 11.8. The molecule has 50 valence electrons. The van der Waals surface area contributed by atoms with Crippen LogP contribution in [0.3, 0.4) is 0 Å². The molecule has 4 heteroatoms. The Morgan fingerprint density at radius 2 is 1.50 bits per heavy atom. The maximum Gasteiger partial charge on any atom is 0.318 e. The zero-order chi connectivity index (χ0) is 7.00. The summed E-state index contributed by atoms with van der Waals surface area (Å²) in [6.45, 7) is 2.00.